The number of ether oxygens (including phenoxy) is 2. The second-order valence-corrected chi connectivity index (χ2v) is 7.39. The molecule has 0 amide bonds. The lowest BCUT2D eigenvalue weighted by Gasteiger charge is -2.40. The van der Waals surface area contributed by atoms with Gasteiger partial charge in [-0.2, -0.15) is 0 Å². The molecule has 1 fully saturated rings. The highest BCUT2D eigenvalue weighted by Crippen LogP contribution is 2.41. The van der Waals surface area contributed by atoms with Crippen LogP contribution in [0.25, 0.3) is 11.0 Å². The number of aliphatic hydroxyl groups is 5. The van der Waals surface area contributed by atoms with Gasteiger partial charge in [-0.25, -0.2) is 0 Å². The van der Waals surface area contributed by atoms with Gasteiger partial charge in [-0.15, -0.1) is 0 Å². The molecule has 1 saturated heterocycles. The standard InChI is InChI=1S/C20H26O9/c1-8-4-12(27-3)15(20-18(26)17(25)16(24)13(7-21)29-20)19-14(8)11(23)6-10(28-19)5-9(2)22/h4,6,9,13,16-18,20-22,24-26H,5,7H2,1-3H3/t9-,13+,16-,17-,18+,20-/m0/s1. The molecule has 0 bridgehead atoms. The van der Waals surface area contributed by atoms with Crippen molar-refractivity contribution in [2.75, 3.05) is 13.7 Å². The third-order valence-electron chi connectivity index (χ3n) is 5.14. The molecule has 9 heteroatoms. The Morgan fingerprint density at radius 2 is 1.86 bits per heavy atom. The van der Waals surface area contributed by atoms with E-state index in [-0.39, 0.29) is 39.9 Å². The Kier molecular flexibility index (Phi) is 6.27. The van der Waals surface area contributed by atoms with Crippen LogP contribution in [0.15, 0.2) is 21.3 Å². The Hall–Kier alpha value is -2.01. The van der Waals surface area contributed by atoms with Gasteiger partial charge < -0.3 is 39.4 Å². The van der Waals surface area contributed by atoms with Crippen LogP contribution in [-0.2, 0) is 11.2 Å². The number of aryl methyl sites for hydroxylation is 1. The molecule has 5 N–H and O–H groups in total. The quantitative estimate of drug-likeness (QED) is 0.441. The summed E-state index contributed by atoms with van der Waals surface area (Å²) in [6.07, 6.45) is -7.72. The molecule has 0 saturated carbocycles. The molecule has 0 unspecified atom stereocenters. The van der Waals surface area contributed by atoms with Gasteiger partial charge in [0.05, 0.1) is 30.8 Å². The number of fused-ring (bicyclic) bond motifs is 1. The van der Waals surface area contributed by atoms with Gasteiger partial charge in [0.1, 0.15) is 47.6 Å². The molecule has 3 rings (SSSR count). The van der Waals surface area contributed by atoms with Crippen LogP contribution < -0.4 is 10.2 Å². The van der Waals surface area contributed by atoms with Crippen molar-refractivity contribution < 1.29 is 39.4 Å². The zero-order chi connectivity index (χ0) is 21.5. The summed E-state index contributed by atoms with van der Waals surface area (Å²) in [6, 6.07) is 2.88. The first kappa shape index (κ1) is 21.7. The fourth-order valence-corrected chi connectivity index (χ4v) is 3.73. The van der Waals surface area contributed by atoms with Crippen LogP contribution in [0.5, 0.6) is 5.75 Å². The van der Waals surface area contributed by atoms with Gasteiger partial charge in [-0.3, -0.25) is 4.79 Å². The van der Waals surface area contributed by atoms with Crippen LogP contribution in [0, 0.1) is 6.92 Å². The van der Waals surface area contributed by atoms with Crippen molar-refractivity contribution in [2.24, 2.45) is 0 Å². The third-order valence-corrected chi connectivity index (χ3v) is 5.14. The molecular formula is C20H26O9. The molecule has 160 valence electrons. The summed E-state index contributed by atoms with van der Waals surface area (Å²) in [7, 11) is 1.39. The van der Waals surface area contributed by atoms with E-state index >= 15 is 0 Å². The number of rotatable bonds is 5. The fourth-order valence-electron chi connectivity index (χ4n) is 3.73. The lowest BCUT2D eigenvalue weighted by atomic mass is 9.89. The maximum atomic E-state index is 12.7. The maximum Gasteiger partial charge on any atom is 0.193 e. The minimum atomic E-state index is -1.60. The number of hydrogen-bond acceptors (Lipinski definition) is 9. The van der Waals surface area contributed by atoms with E-state index in [4.69, 9.17) is 13.9 Å². The summed E-state index contributed by atoms with van der Waals surface area (Å²) in [5, 5.41) is 50.2. The monoisotopic (exact) mass is 410 g/mol. The van der Waals surface area contributed by atoms with Gasteiger partial charge >= 0.3 is 0 Å². The lowest BCUT2D eigenvalue weighted by Crippen LogP contribution is -2.55. The van der Waals surface area contributed by atoms with E-state index in [0.717, 1.165) is 0 Å². The number of hydrogen-bond donors (Lipinski definition) is 5. The summed E-state index contributed by atoms with van der Waals surface area (Å²) >= 11 is 0. The molecule has 2 aromatic rings. The summed E-state index contributed by atoms with van der Waals surface area (Å²) in [5.41, 5.74) is 0.499. The summed E-state index contributed by atoms with van der Waals surface area (Å²) in [6.45, 7) is 2.66. The highest BCUT2D eigenvalue weighted by Gasteiger charge is 2.46. The topological polar surface area (TPSA) is 150 Å². The summed E-state index contributed by atoms with van der Waals surface area (Å²) < 4.78 is 17.0. The van der Waals surface area contributed by atoms with Crippen molar-refractivity contribution >= 4 is 11.0 Å². The van der Waals surface area contributed by atoms with E-state index in [2.05, 4.69) is 0 Å². The van der Waals surface area contributed by atoms with E-state index in [1.165, 1.54) is 13.2 Å². The highest BCUT2D eigenvalue weighted by molar-refractivity contribution is 5.86. The molecule has 6 atom stereocenters. The van der Waals surface area contributed by atoms with Crippen molar-refractivity contribution in [1.82, 2.24) is 0 Å². The summed E-state index contributed by atoms with van der Waals surface area (Å²) in [5.74, 6) is 0.479. The Morgan fingerprint density at radius 1 is 1.17 bits per heavy atom. The van der Waals surface area contributed by atoms with Gasteiger partial charge in [0.25, 0.3) is 0 Å². The van der Waals surface area contributed by atoms with Crippen molar-refractivity contribution in [3.05, 3.63) is 39.2 Å². The molecule has 0 radical (unpaired) electrons. The minimum absolute atomic E-state index is 0.0920. The fraction of sp³-hybridized carbons (Fsp3) is 0.550. The van der Waals surface area contributed by atoms with E-state index in [1.807, 2.05) is 0 Å². The van der Waals surface area contributed by atoms with Crippen molar-refractivity contribution in [1.29, 1.82) is 0 Å². The summed E-state index contributed by atoms with van der Waals surface area (Å²) in [4.78, 5) is 12.7. The molecule has 9 nitrogen and oxygen atoms in total. The average molecular weight is 410 g/mol. The van der Waals surface area contributed by atoms with Gasteiger partial charge in [0.15, 0.2) is 5.43 Å². The van der Waals surface area contributed by atoms with Crippen LogP contribution in [0.2, 0.25) is 0 Å². The SMILES string of the molecule is COc1cc(C)c2c(=O)cc(C[C@H](C)O)oc2c1[C@@H]1O[C@H](CO)[C@H](O)[C@H](O)[C@H]1O. The number of methoxy groups -OCH3 is 1. The third kappa shape index (κ3) is 3.89. The maximum absolute atomic E-state index is 12.7. The molecule has 2 heterocycles. The molecule has 0 aliphatic carbocycles. The Bertz CT molecular complexity index is 934. The Labute approximate surface area is 166 Å². The largest absolute Gasteiger partial charge is 0.496 e. The van der Waals surface area contributed by atoms with Crippen molar-refractivity contribution in [2.45, 2.75) is 56.9 Å². The Morgan fingerprint density at radius 3 is 2.45 bits per heavy atom. The number of aliphatic hydroxyl groups excluding tert-OH is 5. The smallest absolute Gasteiger partial charge is 0.193 e. The van der Waals surface area contributed by atoms with Crippen LogP contribution in [-0.4, -0.2) is 69.8 Å². The van der Waals surface area contributed by atoms with Gasteiger partial charge in [-0.1, -0.05) is 0 Å². The van der Waals surface area contributed by atoms with Gasteiger partial charge in [-0.05, 0) is 25.5 Å². The minimum Gasteiger partial charge on any atom is -0.496 e. The zero-order valence-electron chi connectivity index (χ0n) is 16.4. The predicted molar refractivity (Wildman–Crippen MR) is 102 cm³/mol. The van der Waals surface area contributed by atoms with Crippen molar-refractivity contribution in [3.8, 4) is 5.75 Å². The zero-order valence-corrected chi connectivity index (χ0v) is 16.4. The van der Waals surface area contributed by atoms with Gasteiger partial charge in [0.2, 0.25) is 0 Å². The van der Waals surface area contributed by atoms with Gasteiger partial charge in [0, 0.05) is 12.5 Å². The second-order valence-electron chi connectivity index (χ2n) is 7.39. The first-order valence-corrected chi connectivity index (χ1v) is 9.32. The van der Waals surface area contributed by atoms with Crippen LogP contribution in [0.3, 0.4) is 0 Å². The normalized spacial score (nSPS) is 28.5. The van der Waals surface area contributed by atoms with Crippen molar-refractivity contribution in [3.63, 3.8) is 0 Å². The molecular weight excluding hydrogens is 384 g/mol. The van der Waals surface area contributed by atoms with E-state index in [0.29, 0.717) is 5.56 Å². The molecule has 1 aromatic heterocycles. The van der Waals surface area contributed by atoms with Crippen LogP contribution >= 0.6 is 0 Å². The highest BCUT2D eigenvalue weighted by atomic mass is 16.5. The predicted octanol–water partition coefficient (Wildman–Crippen LogP) is -0.452. The van der Waals surface area contributed by atoms with Crippen LogP contribution in [0.4, 0.5) is 0 Å². The molecule has 1 aromatic carbocycles. The lowest BCUT2D eigenvalue weighted by molar-refractivity contribution is -0.231. The molecule has 1 aliphatic rings. The van der Waals surface area contributed by atoms with Crippen LogP contribution in [0.1, 0.15) is 29.9 Å². The average Bonchev–Trinajstić information content (AvgIpc) is 2.66. The van der Waals surface area contributed by atoms with E-state index < -0.39 is 43.2 Å². The van der Waals surface area contributed by atoms with E-state index in [1.54, 1.807) is 19.9 Å². The molecule has 0 spiro atoms. The number of benzene rings is 1. The molecule has 29 heavy (non-hydrogen) atoms. The molecule has 1 aliphatic heterocycles. The van der Waals surface area contributed by atoms with E-state index in [9.17, 15) is 30.3 Å². The Balaban J connectivity index is 2.28. The first-order valence-electron chi connectivity index (χ1n) is 9.32. The first-order chi connectivity index (χ1) is 13.7. The second kappa shape index (κ2) is 8.39.